The van der Waals surface area contributed by atoms with Crippen LogP contribution in [0, 0.1) is 10.1 Å². The van der Waals surface area contributed by atoms with E-state index in [0.29, 0.717) is 6.42 Å². The number of nitrogens with zero attached hydrogens (tertiary/aromatic N) is 1. The molecule has 1 aromatic carbocycles. The Morgan fingerprint density at radius 1 is 1.44 bits per heavy atom. The molecule has 0 amide bonds. The molecule has 0 radical (unpaired) electrons. The minimum Gasteiger partial charge on any atom is -0.469 e. The van der Waals surface area contributed by atoms with Gasteiger partial charge < -0.3 is 4.74 Å². The van der Waals surface area contributed by atoms with Crippen molar-refractivity contribution in [3.05, 3.63) is 39.9 Å². The van der Waals surface area contributed by atoms with E-state index < -0.39 is 4.92 Å². The SMILES string of the molecule is CC[C@H](C(=O)OC)c1ccc([N+](=O)[O-])cc1. The van der Waals surface area contributed by atoms with Gasteiger partial charge in [-0.2, -0.15) is 0 Å². The minimum atomic E-state index is -0.469. The monoisotopic (exact) mass is 223 g/mol. The predicted octanol–water partition coefficient (Wildman–Crippen LogP) is 2.26. The number of carbonyl (C=O) groups is 1. The lowest BCUT2D eigenvalue weighted by Gasteiger charge is -2.12. The summed E-state index contributed by atoms with van der Waals surface area (Å²) in [6.45, 7) is 1.86. The summed E-state index contributed by atoms with van der Waals surface area (Å²) < 4.78 is 4.66. The van der Waals surface area contributed by atoms with Crippen molar-refractivity contribution >= 4 is 11.7 Å². The van der Waals surface area contributed by atoms with Crippen molar-refractivity contribution in [2.24, 2.45) is 0 Å². The number of rotatable bonds is 4. The maximum atomic E-state index is 11.4. The van der Waals surface area contributed by atoms with Crippen LogP contribution in [0.15, 0.2) is 24.3 Å². The summed E-state index contributed by atoms with van der Waals surface area (Å²) in [5.74, 6) is -0.679. The minimum absolute atomic E-state index is 0.0171. The number of hydrogen-bond donors (Lipinski definition) is 0. The molecule has 1 aromatic rings. The van der Waals surface area contributed by atoms with Crippen molar-refractivity contribution in [1.82, 2.24) is 0 Å². The third-order valence-electron chi connectivity index (χ3n) is 2.40. The second-order valence-corrected chi connectivity index (χ2v) is 3.33. The quantitative estimate of drug-likeness (QED) is 0.446. The predicted molar refractivity (Wildman–Crippen MR) is 58.1 cm³/mol. The number of non-ortho nitro benzene ring substituents is 1. The number of methoxy groups -OCH3 is 1. The van der Waals surface area contributed by atoms with Crippen LogP contribution in [0.3, 0.4) is 0 Å². The van der Waals surface area contributed by atoms with Crippen molar-refractivity contribution in [1.29, 1.82) is 0 Å². The molecule has 0 aromatic heterocycles. The molecular weight excluding hydrogens is 210 g/mol. The molecule has 0 unspecified atom stereocenters. The number of ether oxygens (including phenoxy) is 1. The molecule has 0 fully saturated rings. The van der Waals surface area contributed by atoms with Crippen LogP contribution in [0.1, 0.15) is 24.8 Å². The van der Waals surface area contributed by atoms with E-state index in [1.165, 1.54) is 19.2 Å². The Hall–Kier alpha value is -1.91. The van der Waals surface area contributed by atoms with Gasteiger partial charge in [-0.1, -0.05) is 19.1 Å². The van der Waals surface area contributed by atoms with E-state index >= 15 is 0 Å². The standard InChI is InChI=1S/C11H13NO4/c1-3-10(11(13)16-2)8-4-6-9(7-5-8)12(14)15/h4-7,10H,3H2,1-2H3/t10-/m0/s1. The highest BCUT2D eigenvalue weighted by Crippen LogP contribution is 2.23. The molecule has 0 spiro atoms. The smallest absolute Gasteiger partial charge is 0.313 e. The number of carbonyl (C=O) groups excluding carboxylic acids is 1. The van der Waals surface area contributed by atoms with Gasteiger partial charge in [0, 0.05) is 12.1 Å². The van der Waals surface area contributed by atoms with E-state index in [2.05, 4.69) is 4.74 Å². The van der Waals surface area contributed by atoms with E-state index in [9.17, 15) is 14.9 Å². The van der Waals surface area contributed by atoms with Gasteiger partial charge in [-0.15, -0.1) is 0 Å². The first kappa shape index (κ1) is 12.2. The van der Waals surface area contributed by atoms with Crippen LogP contribution in [0.2, 0.25) is 0 Å². The van der Waals surface area contributed by atoms with E-state index in [1.54, 1.807) is 12.1 Å². The Balaban J connectivity index is 2.95. The highest BCUT2D eigenvalue weighted by atomic mass is 16.6. The average Bonchev–Trinajstić information content (AvgIpc) is 2.30. The van der Waals surface area contributed by atoms with Crippen LogP contribution in [0.25, 0.3) is 0 Å². The van der Waals surface area contributed by atoms with Gasteiger partial charge in [0.15, 0.2) is 0 Å². The summed E-state index contributed by atoms with van der Waals surface area (Å²) >= 11 is 0. The van der Waals surface area contributed by atoms with Crippen molar-refractivity contribution < 1.29 is 14.5 Å². The van der Waals surface area contributed by atoms with Crippen molar-refractivity contribution in [2.75, 3.05) is 7.11 Å². The van der Waals surface area contributed by atoms with E-state index in [1.807, 2.05) is 6.92 Å². The first-order chi connectivity index (χ1) is 7.60. The summed E-state index contributed by atoms with van der Waals surface area (Å²) in [4.78, 5) is 21.4. The van der Waals surface area contributed by atoms with Gasteiger partial charge in [0.1, 0.15) is 0 Å². The third kappa shape index (κ3) is 2.56. The maximum absolute atomic E-state index is 11.4. The zero-order chi connectivity index (χ0) is 12.1. The zero-order valence-electron chi connectivity index (χ0n) is 9.17. The molecule has 0 aliphatic carbocycles. The second kappa shape index (κ2) is 5.25. The lowest BCUT2D eigenvalue weighted by molar-refractivity contribution is -0.384. The normalized spacial score (nSPS) is 11.9. The summed E-state index contributed by atoms with van der Waals surface area (Å²) in [5.41, 5.74) is 0.753. The highest BCUT2D eigenvalue weighted by Gasteiger charge is 2.19. The number of nitro benzene ring substituents is 1. The number of benzene rings is 1. The first-order valence-electron chi connectivity index (χ1n) is 4.92. The van der Waals surface area contributed by atoms with Crippen LogP contribution in [-0.2, 0) is 9.53 Å². The lowest BCUT2D eigenvalue weighted by atomic mass is 9.96. The van der Waals surface area contributed by atoms with Crippen LogP contribution < -0.4 is 0 Å². The fraction of sp³-hybridized carbons (Fsp3) is 0.364. The maximum Gasteiger partial charge on any atom is 0.313 e. The van der Waals surface area contributed by atoms with E-state index in [-0.39, 0.29) is 17.6 Å². The molecule has 5 nitrogen and oxygen atoms in total. The van der Waals surface area contributed by atoms with E-state index in [0.717, 1.165) is 5.56 Å². The third-order valence-corrected chi connectivity index (χ3v) is 2.40. The fourth-order valence-electron chi connectivity index (χ4n) is 1.51. The van der Waals surface area contributed by atoms with Crippen molar-refractivity contribution in [2.45, 2.75) is 19.3 Å². The van der Waals surface area contributed by atoms with Gasteiger partial charge in [0.05, 0.1) is 18.0 Å². The van der Waals surface area contributed by atoms with Gasteiger partial charge in [-0.3, -0.25) is 14.9 Å². The topological polar surface area (TPSA) is 69.4 Å². The summed E-state index contributed by atoms with van der Waals surface area (Å²) in [6.07, 6.45) is 0.602. The Morgan fingerprint density at radius 3 is 2.38 bits per heavy atom. The summed E-state index contributed by atoms with van der Waals surface area (Å²) in [7, 11) is 1.33. The first-order valence-corrected chi connectivity index (χ1v) is 4.92. The summed E-state index contributed by atoms with van der Waals surface area (Å²) in [5, 5.41) is 10.5. The number of hydrogen-bond acceptors (Lipinski definition) is 4. The Morgan fingerprint density at radius 2 is 2.00 bits per heavy atom. The molecular formula is C11H13NO4. The Labute approximate surface area is 93.2 Å². The zero-order valence-corrected chi connectivity index (χ0v) is 9.17. The molecule has 16 heavy (non-hydrogen) atoms. The molecule has 0 saturated heterocycles. The second-order valence-electron chi connectivity index (χ2n) is 3.33. The molecule has 0 aliphatic rings. The molecule has 1 rings (SSSR count). The molecule has 5 heteroatoms. The molecule has 0 aliphatic heterocycles. The lowest BCUT2D eigenvalue weighted by Crippen LogP contribution is -2.13. The fourth-order valence-corrected chi connectivity index (χ4v) is 1.51. The summed E-state index contributed by atoms with van der Waals surface area (Å²) in [6, 6.07) is 5.95. The van der Waals surface area contributed by atoms with Crippen molar-refractivity contribution in [3.8, 4) is 0 Å². The number of esters is 1. The van der Waals surface area contributed by atoms with E-state index in [4.69, 9.17) is 0 Å². The molecule has 0 heterocycles. The molecule has 0 bridgehead atoms. The number of nitro groups is 1. The van der Waals surface area contributed by atoms with Crippen molar-refractivity contribution in [3.63, 3.8) is 0 Å². The Bertz CT molecular complexity index is 385. The van der Waals surface area contributed by atoms with Crippen LogP contribution in [0.4, 0.5) is 5.69 Å². The Kier molecular flexibility index (Phi) is 3.99. The highest BCUT2D eigenvalue weighted by molar-refractivity contribution is 5.78. The molecule has 86 valence electrons. The average molecular weight is 223 g/mol. The van der Waals surface area contributed by atoms with Crippen LogP contribution >= 0.6 is 0 Å². The van der Waals surface area contributed by atoms with Gasteiger partial charge in [-0.05, 0) is 12.0 Å². The van der Waals surface area contributed by atoms with Gasteiger partial charge in [-0.25, -0.2) is 0 Å². The van der Waals surface area contributed by atoms with Gasteiger partial charge >= 0.3 is 5.97 Å². The largest absolute Gasteiger partial charge is 0.469 e. The molecule has 0 N–H and O–H groups in total. The molecule has 1 atom stereocenters. The molecule has 0 saturated carbocycles. The van der Waals surface area contributed by atoms with Gasteiger partial charge in [0.25, 0.3) is 5.69 Å². The van der Waals surface area contributed by atoms with Crippen LogP contribution in [-0.4, -0.2) is 18.0 Å². The van der Waals surface area contributed by atoms with Crippen LogP contribution in [0.5, 0.6) is 0 Å². The van der Waals surface area contributed by atoms with Gasteiger partial charge in [0.2, 0.25) is 0 Å².